The molecule has 154 valence electrons. The van der Waals surface area contributed by atoms with Gasteiger partial charge in [0.1, 0.15) is 11.6 Å². The predicted molar refractivity (Wildman–Crippen MR) is 108 cm³/mol. The van der Waals surface area contributed by atoms with Gasteiger partial charge in [0.05, 0.1) is 6.20 Å². The van der Waals surface area contributed by atoms with Gasteiger partial charge < -0.3 is 26.2 Å². The molecular formula is C19H24FN7O2. The van der Waals surface area contributed by atoms with Crippen LogP contribution in [0.25, 0.3) is 0 Å². The molecule has 29 heavy (non-hydrogen) atoms. The molecule has 0 aliphatic carbocycles. The van der Waals surface area contributed by atoms with Crippen molar-refractivity contribution in [3.8, 4) is 0 Å². The monoisotopic (exact) mass is 401 g/mol. The summed E-state index contributed by atoms with van der Waals surface area (Å²) in [6.07, 6.45) is 3.23. The number of amides is 3. The van der Waals surface area contributed by atoms with Gasteiger partial charge >= 0.3 is 6.03 Å². The second-order valence-corrected chi connectivity index (χ2v) is 7.05. The number of benzene rings is 1. The summed E-state index contributed by atoms with van der Waals surface area (Å²) >= 11 is 0. The summed E-state index contributed by atoms with van der Waals surface area (Å²) < 4.78 is 13.1. The van der Waals surface area contributed by atoms with Crippen LogP contribution < -0.4 is 21.3 Å². The first-order valence-corrected chi connectivity index (χ1v) is 9.25. The highest BCUT2D eigenvalue weighted by molar-refractivity contribution is 5.96. The fourth-order valence-corrected chi connectivity index (χ4v) is 3.08. The first-order chi connectivity index (χ1) is 13.8. The van der Waals surface area contributed by atoms with Crippen LogP contribution in [0.1, 0.15) is 23.3 Å². The Morgan fingerprint density at radius 3 is 2.66 bits per heavy atom. The van der Waals surface area contributed by atoms with E-state index in [1.54, 1.807) is 14.1 Å². The molecule has 1 fully saturated rings. The van der Waals surface area contributed by atoms with Gasteiger partial charge in [-0.1, -0.05) is 0 Å². The Balaban J connectivity index is 1.81. The molecule has 2 heterocycles. The topological polar surface area (TPSA) is 116 Å². The van der Waals surface area contributed by atoms with Crippen LogP contribution in [0.2, 0.25) is 0 Å². The minimum Gasteiger partial charge on any atom is -0.364 e. The molecule has 1 aromatic heterocycles. The maximum atomic E-state index is 13.1. The summed E-state index contributed by atoms with van der Waals surface area (Å²) in [7, 11) is 3.38. The van der Waals surface area contributed by atoms with E-state index < -0.39 is 5.91 Å². The lowest BCUT2D eigenvalue weighted by Gasteiger charge is -2.34. The number of piperidine rings is 1. The van der Waals surface area contributed by atoms with Crippen molar-refractivity contribution in [3.63, 3.8) is 0 Å². The van der Waals surface area contributed by atoms with Gasteiger partial charge in [0.25, 0.3) is 5.91 Å². The van der Waals surface area contributed by atoms with Gasteiger partial charge in [-0.2, -0.15) is 0 Å². The van der Waals surface area contributed by atoms with Crippen LogP contribution in [-0.2, 0) is 0 Å². The average molecular weight is 401 g/mol. The summed E-state index contributed by atoms with van der Waals surface area (Å²) in [6, 6.07) is 5.48. The Bertz CT molecular complexity index is 889. The highest BCUT2D eigenvalue weighted by Crippen LogP contribution is 2.23. The van der Waals surface area contributed by atoms with Crippen molar-refractivity contribution in [1.82, 2.24) is 20.2 Å². The molecule has 4 N–H and O–H groups in total. The molecule has 9 nitrogen and oxygen atoms in total. The Kier molecular flexibility index (Phi) is 6.10. The van der Waals surface area contributed by atoms with E-state index in [1.807, 2.05) is 4.90 Å². The van der Waals surface area contributed by atoms with Gasteiger partial charge in [0, 0.05) is 38.9 Å². The molecule has 1 aliphatic rings. The predicted octanol–water partition coefficient (Wildman–Crippen LogP) is 1.70. The molecule has 0 radical (unpaired) electrons. The maximum absolute atomic E-state index is 13.1. The summed E-state index contributed by atoms with van der Waals surface area (Å²) in [5.41, 5.74) is 5.96. The summed E-state index contributed by atoms with van der Waals surface area (Å²) in [6.45, 7) is 1.31. The lowest BCUT2D eigenvalue weighted by Crippen LogP contribution is -2.50. The number of carbonyl (C=O) groups excluding carboxylic acids is 2. The van der Waals surface area contributed by atoms with E-state index in [2.05, 4.69) is 20.6 Å². The van der Waals surface area contributed by atoms with Crippen LogP contribution in [0.15, 0.2) is 30.5 Å². The number of nitrogens with zero attached hydrogens (tertiary/aromatic N) is 4. The van der Waals surface area contributed by atoms with Crippen LogP contribution >= 0.6 is 0 Å². The number of nitrogens with one attached hydrogen (secondary N) is 2. The van der Waals surface area contributed by atoms with Crippen molar-refractivity contribution in [3.05, 3.63) is 42.0 Å². The molecule has 10 heteroatoms. The molecule has 1 aromatic carbocycles. The molecule has 1 saturated heterocycles. The van der Waals surface area contributed by atoms with Crippen LogP contribution in [0.5, 0.6) is 0 Å². The number of urea groups is 1. The van der Waals surface area contributed by atoms with Crippen molar-refractivity contribution in [2.45, 2.75) is 18.9 Å². The Morgan fingerprint density at radius 1 is 1.28 bits per heavy atom. The molecular weight excluding hydrogens is 377 g/mol. The van der Waals surface area contributed by atoms with Gasteiger partial charge in [0.15, 0.2) is 11.5 Å². The molecule has 0 spiro atoms. The summed E-state index contributed by atoms with van der Waals surface area (Å²) in [5, 5.41) is 5.95. The zero-order valence-electron chi connectivity index (χ0n) is 16.4. The summed E-state index contributed by atoms with van der Waals surface area (Å²) in [5.74, 6) is -0.336. The fourth-order valence-electron chi connectivity index (χ4n) is 3.08. The molecule has 3 rings (SSSR count). The van der Waals surface area contributed by atoms with Gasteiger partial charge in [-0.05, 0) is 37.1 Å². The number of hydrogen-bond acceptors (Lipinski definition) is 6. The minimum absolute atomic E-state index is 0.00690. The number of nitrogens with two attached hydrogens (primary N) is 1. The van der Waals surface area contributed by atoms with E-state index in [4.69, 9.17) is 5.73 Å². The number of carbonyl (C=O) groups is 2. The molecule has 0 unspecified atom stereocenters. The standard InChI is InChI=1S/C19H24FN7O2/c1-26(2)19(29)24-14-4-3-9-27(11-14)15-10-22-16(17(21)28)18(25-15)23-13-7-5-12(20)6-8-13/h5-8,10,14H,3-4,9,11H2,1-2H3,(H2,21,28)(H,23,25)(H,24,29)/t14-/m1/s1. The van der Waals surface area contributed by atoms with Gasteiger partial charge in [-0.3, -0.25) is 4.79 Å². The Morgan fingerprint density at radius 2 is 2.00 bits per heavy atom. The smallest absolute Gasteiger partial charge is 0.317 e. The third kappa shape index (κ3) is 5.09. The summed E-state index contributed by atoms with van der Waals surface area (Å²) in [4.78, 5) is 35.9. The third-order valence-electron chi connectivity index (χ3n) is 4.58. The molecule has 1 aliphatic heterocycles. The maximum Gasteiger partial charge on any atom is 0.317 e. The zero-order valence-corrected chi connectivity index (χ0v) is 16.4. The van der Waals surface area contributed by atoms with E-state index in [1.165, 1.54) is 35.4 Å². The van der Waals surface area contributed by atoms with E-state index in [0.29, 0.717) is 18.1 Å². The lowest BCUT2D eigenvalue weighted by molar-refractivity contribution is 0.0996. The second-order valence-electron chi connectivity index (χ2n) is 7.05. The van der Waals surface area contributed by atoms with Crippen molar-refractivity contribution in [2.24, 2.45) is 5.73 Å². The minimum atomic E-state index is -0.719. The van der Waals surface area contributed by atoms with Crippen molar-refractivity contribution in [2.75, 3.05) is 37.4 Å². The zero-order chi connectivity index (χ0) is 21.0. The molecule has 2 aromatic rings. The molecule has 1 atom stereocenters. The molecule has 0 saturated carbocycles. The molecule has 3 amide bonds. The van der Waals surface area contributed by atoms with Crippen molar-refractivity contribution >= 4 is 29.3 Å². The third-order valence-corrected chi connectivity index (χ3v) is 4.58. The van der Waals surface area contributed by atoms with Gasteiger partial charge in [-0.15, -0.1) is 0 Å². The highest BCUT2D eigenvalue weighted by Gasteiger charge is 2.24. The van der Waals surface area contributed by atoms with Crippen LogP contribution in [0.3, 0.4) is 0 Å². The van der Waals surface area contributed by atoms with Crippen molar-refractivity contribution in [1.29, 1.82) is 0 Å². The number of primary amides is 1. The van der Waals surface area contributed by atoms with Crippen LogP contribution in [0, 0.1) is 5.82 Å². The van der Waals surface area contributed by atoms with Gasteiger partial charge in [0.2, 0.25) is 0 Å². The Labute approximate surface area is 168 Å². The highest BCUT2D eigenvalue weighted by atomic mass is 19.1. The second kappa shape index (κ2) is 8.72. The number of aromatic nitrogens is 2. The van der Waals surface area contributed by atoms with E-state index in [9.17, 15) is 14.0 Å². The fraction of sp³-hybridized carbons (Fsp3) is 0.368. The lowest BCUT2D eigenvalue weighted by atomic mass is 10.1. The Hall–Kier alpha value is -3.43. The van der Waals surface area contributed by atoms with Crippen molar-refractivity contribution < 1.29 is 14.0 Å². The number of halogens is 1. The largest absolute Gasteiger partial charge is 0.364 e. The van der Waals surface area contributed by atoms with Gasteiger partial charge in [-0.25, -0.2) is 19.2 Å². The van der Waals surface area contributed by atoms with E-state index >= 15 is 0 Å². The molecule has 0 bridgehead atoms. The van der Waals surface area contributed by atoms with Crippen LogP contribution in [-0.4, -0.2) is 60.0 Å². The number of hydrogen-bond donors (Lipinski definition) is 3. The first kappa shape index (κ1) is 20.3. The number of rotatable bonds is 5. The number of anilines is 3. The first-order valence-electron chi connectivity index (χ1n) is 9.25. The van der Waals surface area contributed by atoms with Crippen LogP contribution in [0.4, 0.5) is 26.5 Å². The van der Waals surface area contributed by atoms with E-state index in [-0.39, 0.29) is 29.4 Å². The van der Waals surface area contributed by atoms with E-state index in [0.717, 1.165) is 19.4 Å². The average Bonchev–Trinajstić information content (AvgIpc) is 2.69. The normalized spacial score (nSPS) is 16.2. The quantitative estimate of drug-likeness (QED) is 0.702. The SMILES string of the molecule is CN(C)C(=O)N[C@@H]1CCCN(c2cnc(C(N)=O)c(Nc3ccc(F)cc3)n2)C1.